The number of carbonyl (C=O) groups excluding carboxylic acids is 2. The molecule has 0 spiro atoms. The van der Waals surface area contributed by atoms with Gasteiger partial charge < -0.3 is 9.15 Å². The van der Waals surface area contributed by atoms with Gasteiger partial charge in [-0.05, 0) is 61.6 Å². The molecule has 7 nitrogen and oxygen atoms in total. The van der Waals surface area contributed by atoms with Crippen LogP contribution in [0.2, 0.25) is 0 Å². The molecule has 0 atom stereocenters. The fraction of sp³-hybridized carbons (Fsp3) is 0.118. The van der Waals surface area contributed by atoms with Crippen LogP contribution in [0.15, 0.2) is 46.9 Å². The molecule has 3 N–H and O–H groups in total. The Balaban J connectivity index is 1.78. The molecule has 2 aromatic rings. The van der Waals surface area contributed by atoms with E-state index in [4.69, 9.17) is 21.4 Å². The molecule has 1 aromatic carbocycles. The molecule has 0 saturated heterocycles. The molecular weight excluding hydrogens is 342 g/mol. The van der Waals surface area contributed by atoms with Gasteiger partial charge in [0.25, 0.3) is 5.91 Å². The molecule has 0 saturated carbocycles. The van der Waals surface area contributed by atoms with Gasteiger partial charge in [-0.3, -0.25) is 25.8 Å². The summed E-state index contributed by atoms with van der Waals surface area (Å²) >= 11 is 4.94. The molecule has 0 bridgehead atoms. The van der Waals surface area contributed by atoms with Gasteiger partial charge in [-0.1, -0.05) is 0 Å². The van der Waals surface area contributed by atoms with Crippen LogP contribution in [0.25, 0.3) is 6.08 Å². The topological polar surface area (TPSA) is 92.6 Å². The summed E-state index contributed by atoms with van der Waals surface area (Å²) in [7, 11) is 1.54. The molecule has 1 heterocycles. The van der Waals surface area contributed by atoms with Crippen molar-refractivity contribution in [3.63, 3.8) is 0 Å². The van der Waals surface area contributed by atoms with E-state index in [2.05, 4.69) is 16.2 Å². The van der Waals surface area contributed by atoms with Gasteiger partial charge in [-0.15, -0.1) is 0 Å². The number of amides is 2. The van der Waals surface area contributed by atoms with Crippen molar-refractivity contribution in [1.29, 1.82) is 0 Å². The minimum atomic E-state index is -0.453. The van der Waals surface area contributed by atoms with Crippen LogP contribution in [0.5, 0.6) is 5.75 Å². The van der Waals surface area contributed by atoms with Crippen LogP contribution < -0.4 is 20.9 Å². The lowest BCUT2D eigenvalue weighted by atomic mass is 10.2. The molecule has 0 aliphatic heterocycles. The highest BCUT2D eigenvalue weighted by atomic mass is 32.1. The summed E-state index contributed by atoms with van der Waals surface area (Å²) in [4.78, 5) is 23.7. The lowest BCUT2D eigenvalue weighted by Crippen LogP contribution is -2.48. The van der Waals surface area contributed by atoms with Crippen LogP contribution in [0.4, 0.5) is 0 Å². The van der Waals surface area contributed by atoms with Gasteiger partial charge in [-0.2, -0.15) is 0 Å². The van der Waals surface area contributed by atoms with Crippen LogP contribution >= 0.6 is 12.2 Å². The first kappa shape index (κ1) is 18.2. The normalized spacial score (nSPS) is 10.3. The van der Waals surface area contributed by atoms with Gasteiger partial charge in [0.1, 0.15) is 17.3 Å². The predicted molar refractivity (Wildman–Crippen MR) is 96.8 cm³/mol. The zero-order valence-corrected chi connectivity index (χ0v) is 14.5. The summed E-state index contributed by atoms with van der Waals surface area (Å²) < 4.78 is 10.3. The van der Waals surface area contributed by atoms with Crippen LogP contribution in [0, 0.1) is 6.92 Å². The maximum atomic E-state index is 11.9. The molecule has 2 rings (SSSR count). The molecule has 0 fully saturated rings. The molecule has 0 unspecified atom stereocenters. The van der Waals surface area contributed by atoms with Crippen LogP contribution in [-0.2, 0) is 4.79 Å². The Kier molecular flexibility index (Phi) is 6.30. The van der Waals surface area contributed by atoms with E-state index < -0.39 is 11.8 Å². The average Bonchev–Trinajstić information content (AvgIpc) is 3.03. The minimum Gasteiger partial charge on any atom is -0.497 e. The van der Waals surface area contributed by atoms with E-state index in [0.29, 0.717) is 17.1 Å². The Bertz CT molecular complexity index is 796. The summed E-state index contributed by atoms with van der Waals surface area (Å²) in [5.41, 5.74) is 5.26. The second kappa shape index (κ2) is 8.65. The lowest BCUT2D eigenvalue weighted by molar-refractivity contribution is -0.115. The largest absolute Gasteiger partial charge is 0.497 e. The number of rotatable bonds is 4. The van der Waals surface area contributed by atoms with E-state index in [-0.39, 0.29) is 5.11 Å². The van der Waals surface area contributed by atoms with Gasteiger partial charge in [-0.25, -0.2) is 0 Å². The number of thiocarbonyl (C=S) groups is 1. The molecule has 130 valence electrons. The second-order valence-corrected chi connectivity index (χ2v) is 5.32. The van der Waals surface area contributed by atoms with Crippen molar-refractivity contribution in [3.05, 3.63) is 59.6 Å². The number of methoxy groups -OCH3 is 1. The zero-order valence-electron chi connectivity index (χ0n) is 13.7. The monoisotopic (exact) mass is 359 g/mol. The van der Waals surface area contributed by atoms with Gasteiger partial charge in [0.15, 0.2) is 5.11 Å². The fourth-order valence-corrected chi connectivity index (χ4v) is 1.97. The Morgan fingerprint density at radius 1 is 1.12 bits per heavy atom. The van der Waals surface area contributed by atoms with Crippen LogP contribution in [0.1, 0.15) is 21.9 Å². The van der Waals surface area contributed by atoms with Crippen molar-refractivity contribution < 1.29 is 18.7 Å². The first-order chi connectivity index (χ1) is 12.0. The maximum Gasteiger partial charge on any atom is 0.269 e. The third-order valence-electron chi connectivity index (χ3n) is 3.04. The molecule has 8 heteroatoms. The van der Waals surface area contributed by atoms with E-state index in [9.17, 15) is 9.59 Å². The molecule has 2 amide bonds. The van der Waals surface area contributed by atoms with Gasteiger partial charge in [0.2, 0.25) is 5.91 Å². The molecule has 0 radical (unpaired) electrons. The van der Waals surface area contributed by atoms with E-state index in [0.717, 1.165) is 5.76 Å². The van der Waals surface area contributed by atoms with Gasteiger partial charge >= 0.3 is 0 Å². The van der Waals surface area contributed by atoms with Crippen molar-refractivity contribution in [3.8, 4) is 5.75 Å². The summed E-state index contributed by atoms with van der Waals surface area (Å²) in [6.07, 6.45) is 2.79. The number of ether oxygens (including phenoxy) is 1. The summed E-state index contributed by atoms with van der Waals surface area (Å²) in [6, 6.07) is 10.1. The maximum absolute atomic E-state index is 11.9. The summed E-state index contributed by atoms with van der Waals surface area (Å²) in [5, 5.41) is 2.37. The van der Waals surface area contributed by atoms with Crippen molar-refractivity contribution in [2.45, 2.75) is 6.92 Å². The van der Waals surface area contributed by atoms with E-state index >= 15 is 0 Å². The fourth-order valence-electron chi connectivity index (χ4n) is 1.81. The van der Waals surface area contributed by atoms with Crippen molar-refractivity contribution in [1.82, 2.24) is 16.2 Å². The molecule has 0 aliphatic rings. The minimum absolute atomic E-state index is 0.0351. The quantitative estimate of drug-likeness (QED) is 0.439. The number of carbonyl (C=O) groups is 2. The number of aryl methyl sites for hydroxylation is 1. The Hall–Kier alpha value is -3.13. The predicted octanol–water partition coefficient (Wildman–Crippen LogP) is 1.95. The Morgan fingerprint density at radius 3 is 2.44 bits per heavy atom. The lowest BCUT2D eigenvalue weighted by Gasteiger charge is -2.10. The average molecular weight is 359 g/mol. The Labute approximate surface area is 150 Å². The second-order valence-electron chi connectivity index (χ2n) is 4.91. The molecule has 1 aromatic heterocycles. The smallest absolute Gasteiger partial charge is 0.269 e. The zero-order chi connectivity index (χ0) is 18.2. The summed E-state index contributed by atoms with van der Waals surface area (Å²) in [6.45, 7) is 1.81. The third kappa shape index (κ3) is 5.78. The van der Waals surface area contributed by atoms with Crippen LogP contribution in [0.3, 0.4) is 0 Å². The molecule has 0 aliphatic carbocycles. The van der Waals surface area contributed by atoms with Gasteiger partial charge in [0, 0.05) is 11.6 Å². The highest BCUT2D eigenvalue weighted by molar-refractivity contribution is 7.80. The number of hydrogen-bond acceptors (Lipinski definition) is 5. The van der Waals surface area contributed by atoms with Crippen LogP contribution in [-0.4, -0.2) is 24.0 Å². The van der Waals surface area contributed by atoms with E-state index in [1.807, 2.05) is 6.92 Å². The molecular formula is C17H17N3O4S. The number of nitrogens with one attached hydrogen (secondary N) is 3. The van der Waals surface area contributed by atoms with Crippen molar-refractivity contribution >= 4 is 35.2 Å². The first-order valence-electron chi connectivity index (χ1n) is 7.28. The van der Waals surface area contributed by atoms with Crippen molar-refractivity contribution in [2.75, 3.05) is 7.11 Å². The SMILES string of the molecule is COc1ccc(C(=O)NNC(=S)NC(=O)/C=C/c2ccc(C)o2)cc1. The van der Waals surface area contributed by atoms with E-state index in [1.54, 1.807) is 43.5 Å². The third-order valence-corrected chi connectivity index (χ3v) is 3.24. The van der Waals surface area contributed by atoms with Gasteiger partial charge in [0.05, 0.1) is 7.11 Å². The van der Waals surface area contributed by atoms with E-state index in [1.165, 1.54) is 12.2 Å². The standard InChI is InChI=1S/C17H17N3O4S/c1-11-3-6-14(24-11)9-10-15(21)18-17(25)20-19-16(22)12-4-7-13(23-2)8-5-12/h3-10H,1-2H3,(H,19,22)(H2,18,20,21,25)/b10-9+. The Morgan fingerprint density at radius 2 is 1.84 bits per heavy atom. The highest BCUT2D eigenvalue weighted by Gasteiger charge is 2.07. The van der Waals surface area contributed by atoms with Crippen molar-refractivity contribution in [2.24, 2.45) is 0 Å². The first-order valence-corrected chi connectivity index (χ1v) is 7.68. The number of hydrogen-bond donors (Lipinski definition) is 3. The molecule has 25 heavy (non-hydrogen) atoms. The number of furan rings is 1. The highest BCUT2D eigenvalue weighted by Crippen LogP contribution is 2.10. The number of benzene rings is 1. The summed E-state index contributed by atoms with van der Waals surface area (Å²) in [5.74, 6) is 1.09. The number of hydrazine groups is 1.